The Bertz CT molecular complexity index is 525. The van der Waals surface area contributed by atoms with E-state index in [1.165, 1.54) is 0 Å². The molecule has 2 rings (SSSR count). The van der Waals surface area contributed by atoms with Crippen molar-refractivity contribution in [3.8, 4) is 5.75 Å². The second-order valence-corrected chi connectivity index (χ2v) is 5.51. The average Bonchev–Trinajstić information content (AvgIpc) is 2.95. The van der Waals surface area contributed by atoms with Gasteiger partial charge in [-0.1, -0.05) is 18.2 Å². The lowest BCUT2D eigenvalue weighted by Gasteiger charge is -2.22. The van der Waals surface area contributed by atoms with Gasteiger partial charge in [-0.2, -0.15) is 0 Å². The van der Waals surface area contributed by atoms with Crippen LogP contribution in [0.1, 0.15) is 28.0 Å². The predicted molar refractivity (Wildman–Crippen MR) is 78.8 cm³/mol. The van der Waals surface area contributed by atoms with Gasteiger partial charge in [-0.25, -0.2) is 0 Å². The highest BCUT2D eigenvalue weighted by molar-refractivity contribution is 7.10. The minimum atomic E-state index is -0.572. The average molecular weight is 277 g/mol. The normalized spacial score (nSPS) is 14.1. The molecule has 2 unspecified atom stereocenters. The first-order valence-electron chi connectivity index (χ1n) is 6.23. The molecule has 0 saturated heterocycles. The number of thiophene rings is 1. The Morgan fingerprint density at radius 2 is 2.16 bits per heavy atom. The molecule has 3 N–H and O–H groups in total. The summed E-state index contributed by atoms with van der Waals surface area (Å²) in [5, 5.41) is 12.4. The minimum absolute atomic E-state index is 0.117. The number of aliphatic hydroxyl groups is 1. The number of aryl methyl sites for hydroxylation is 1. The minimum Gasteiger partial charge on any atom is -0.496 e. The topological polar surface area (TPSA) is 55.5 Å². The van der Waals surface area contributed by atoms with Crippen molar-refractivity contribution in [1.29, 1.82) is 0 Å². The maximum atomic E-state index is 10.4. The van der Waals surface area contributed by atoms with Gasteiger partial charge < -0.3 is 15.6 Å². The number of rotatable bonds is 5. The van der Waals surface area contributed by atoms with Gasteiger partial charge in [0.15, 0.2) is 0 Å². The second kappa shape index (κ2) is 6.19. The van der Waals surface area contributed by atoms with E-state index in [4.69, 9.17) is 10.5 Å². The summed E-state index contributed by atoms with van der Waals surface area (Å²) >= 11 is 1.55. The zero-order valence-corrected chi connectivity index (χ0v) is 12.0. The summed E-state index contributed by atoms with van der Waals surface area (Å²) < 4.78 is 5.33. The van der Waals surface area contributed by atoms with Crippen LogP contribution in [0.3, 0.4) is 0 Å². The van der Waals surface area contributed by atoms with E-state index in [1.54, 1.807) is 18.4 Å². The molecule has 0 aliphatic rings. The molecule has 4 heteroatoms. The molecule has 0 aliphatic heterocycles. The van der Waals surface area contributed by atoms with Crippen molar-refractivity contribution in [1.82, 2.24) is 0 Å². The zero-order valence-electron chi connectivity index (χ0n) is 11.2. The van der Waals surface area contributed by atoms with Crippen molar-refractivity contribution in [3.05, 3.63) is 51.7 Å². The Balaban J connectivity index is 2.31. The summed E-state index contributed by atoms with van der Waals surface area (Å²) in [4.78, 5) is 0.940. The van der Waals surface area contributed by atoms with E-state index in [0.717, 1.165) is 21.8 Å². The molecular weight excluding hydrogens is 258 g/mol. The van der Waals surface area contributed by atoms with Crippen LogP contribution >= 0.6 is 11.3 Å². The summed E-state index contributed by atoms with van der Waals surface area (Å²) in [6, 6.07) is 9.84. The Hall–Kier alpha value is -1.36. The van der Waals surface area contributed by atoms with Gasteiger partial charge in [0.05, 0.1) is 13.2 Å². The fourth-order valence-electron chi connectivity index (χ4n) is 2.17. The first-order chi connectivity index (χ1) is 9.17. The molecule has 19 heavy (non-hydrogen) atoms. The van der Waals surface area contributed by atoms with Gasteiger partial charge in [-0.3, -0.25) is 0 Å². The quantitative estimate of drug-likeness (QED) is 0.883. The molecule has 0 amide bonds. The lowest BCUT2D eigenvalue weighted by atomic mass is 9.91. The Labute approximate surface area is 117 Å². The standard InChI is InChI=1S/C15H19NO2S/c1-10-5-6-11(8-13(10)18-2)12(9-16)15(17)14-4-3-7-19-14/h3-8,12,15,17H,9,16H2,1-2H3. The number of ether oxygens (including phenoxy) is 1. The highest BCUT2D eigenvalue weighted by Gasteiger charge is 2.23. The molecule has 0 saturated carbocycles. The SMILES string of the molecule is COc1cc(C(CN)C(O)c2cccs2)ccc1C. The van der Waals surface area contributed by atoms with Gasteiger partial charge in [-0.05, 0) is 35.6 Å². The summed E-state index contributed by atoms with van der Waals surface area (Å²) in [5.41, 5.74) is 7.93. The van der Waals surface area contributed by atoms with Gasteiger partial charge >= 0.3 is 0 Å². The van der Waals surface area contributed by atoms with E-state index in [2.05, 4.69) is 0 Å². The first kappa shape index (κ1) is 14.1. The number of methoxy groups -OCH3 is 1. The van der Waals surface area contributed by atoms with Crippen molar-refractivity contribution in [2.24, 2.45) is 5.73 Å². The molecule has 0 aliphatic carbocycles. The lowest BCUT2D eigenvalue weighted by molar-refractivity contribution is 0.151. The van der Waals surface area contributed by atoms with Crippen LogP contribution < -0.4 is 10.5 Å². The fourth-order valence-corrected chi connectivity index (χ4v) is 2.95. The van der Waals surface area contributed by atoms with Crippen LogP contribution in [0.5, 0.6) is 5.75 Å². The van der Waals surface area contributed by atoms with Gasteiger partial charge in [0.2, 0.25) is 0 Å². The van der Waals surface area contributed by atoms with Gasteiger partial charge in [-0.15, -0.1) is 11.3 Å². The summed E-state index contributed by atoms with van der Waals surface area (Å²) in [5.74, 6) is 0.711. The van der Waals surface area contributed by atoms with Crippen LogP contribution in [0.25, 0.3) is 0 Å². The van der Waals surface area contributed by atoms with Crippen LogP contribution in [0.4, 0.5) is 0 Å². The molecule has 2 aromatic rings. The summed E-state index contributed by atoms with van der Waals surface area (Å²) in [6.45, 7) is 2.39. The third-order valence-electron chi connectivity index (χ3n) is 3.33. The van der Waals surface area contributed by atoms with E-state index in [0.29, 0.717) is 6.54 Å². The van der Waals surface area contributed by atoms with Gasteiger partial charge in [0, 0.05) is 17.3 Å². The highest BCUT2D eigenvalue weighted by Crippen LogP contribution is 2.34. The van der Waals surface area contributed by atoms with Crippen LogP contribution in [0, 0.1) is 6.92 Å². The highest BCUT2D eigenvalue weighted by atomic mass is 32.1. The molecule has 3 nitrogen and oxygen atoms in total. The number of nitrogens with two attached hydrogens (primary N) is 1. The zero-order chi connectivity index (χ0) is 13.8. The maximum Gasteiger partial charge on any atom is 0.122 e. The number of hydrogen-bond donors (Lipinski definition) is 2. The Morgan fingerprint density at radius 1 is 1.37 bits per heavy atom. The van der Waals surface area contributed by atoms with Crippen molar-refractivity contribution in [2.75, 3.05) is 13.7 Å². The third-order valence-corrected chi connectivity index (χ3v) is 4.27. The van der Waals surface area contributed by atoms with E-state index >= 15 is 0 Å². The van der Waals surface area contributed by atoms with E-state index in [1.807, 2.05) is 42.6 Å². The van der Waals surface area contributed by atoms with Gasteiger partial charge in [0.25, 0.3) is 0 Å². The van der Waals surface area contributed by atoms with Crippen LogP contribution in [-0.2, 0) is 0 Å². The number of aliphatic hydroxyl groups excluding tert-OH is 1. The molecule has 0 fully saturated rings. The predicted octanol–water partition coefficient (Wildman–Crippen LogP) is 2.84. The van der Waals surface area contributed by atoms with Crippen LogP contribution in [0.15, 0.2) is 35.7 Å². The van der Waals surface area contributed by atoms with Gasteiger partial charge in [0.1, 0.15) is 5.75 Å². The van der Waals surface area contributed by atoms with E-state index < -0.39 is 6.10 Å². The number of hydrogen-bond acceptors (Lipinski definition) is 4. The molecule has 1 aromatic heterocycles. The molecular formula is C15H19NO2S. The summed E-state index contributed by atoms with van der Waals surface area (Å²) in [7, 11) is 1.65. The maximum absolute atomic E-state index is 10.4. The second-order valence-electron chi connectivity index (χ2n) is 4.53. The number of benzene rings is 1. The Morgan fingerprint density at radius 3 is 2.74 bits per heavy atom. The largest absolute Gasteiger partial charge is 0.496 e. The molecule has 0 spiro atoms. The third kappa shape index (κ3) is 2.97. The van der Waals surface area contributed by atoms with E-state index in [-0.39, 0.29) is 5.92 Å². The lowest BCUT2D eigenvalue weighted by Crippen LogP contribution is -2.19. The first-order valence-corrected chi connectivity index (χ1v) is 7.11. The van der Waals surface area contributed by atoms with Crippen molar-refractivity contribution < 1.29 is 9.84 Å². The molecule has 1 aromatic carbocycles. The van der Waals surface area contributed by atoms with Crippen molar-refractivity contribution in [3.63, 3.8) is 0 Å². The van der Waals surface area contributed by atoms with Crippen molar-refractivity contribution >= 4 is 11.3 Å². The van der Waals surface area contributed by atoms with E-state index in [9.17, 15) is 5.11 Å². The Kier molecular flexibility index (Phi) is 4.58. The monoisotopic (exact) mass is 277 g/mol. The molecule has 0 radical (unpaired) electrons. The fraction of sp³-hybridized carbons (Fsp3) is 0.333. The molecule has 0 bridgehead atoms. The summed E-state index contributed by atoms with van der Waals surface area (Å²) in [6.07, 6.45) is -0.572. The molecule has 1 heterocycles. The smallest absolute Gasteiger partial charge is 0.122 e. The van der Waals surface area contributed by atoms with Crippen LogP contribution in [-0.4, -0.2) is 18.8 Å². The molecule has 2 atom stereocenters. The van der Waals surface area contributed by atoms with Crippen LogP contribution in [0.2, 0.25) is 0 Å². The molecule has 102 valence electrons. The van der Waals surface area contributed by atoms with Crippen molar-refractivity contribution in [2.45, 2.75) is 18.9 Å².